The van der Waals surface area contributed by atoms with E-state index >= 15 is 0 Å². The Kier molecular flexibility index (Phi) is 6.24. The topological polar surface area (TPSA) is 77.2 Å². The van der Waals surface area contributed by atoms with Crippen LogP contribution in [0.4, 0.5) is 5.69 Å². The number of anilines is 1. The normalized spacial score (nSPS) is 10.1. The second kappa shape index (κ2) is 9.01. The molecular formula is C21H18ClN3O3. The van der Waals surface area contributed by atoms with Gasteiger partial charge in [-0.3, -0.25) is 4.79 Å². The lowest BCUT2D eigenvalue weighted by Crippen LogP contribution is -1.93. The van der Waals surface area contributed by atoms with Crippen LogP contribution in [-0.4, -0.2) is 23.5 Å². The SMILES string of the molecule is COc1ccc(C)cc1Cl.O=CNc1cccc(-c2nc3ncccc3o2)c1. The van der Waals surface area contributed by atoms with E-state index in [1.165, 1.54) is 0 Å². The number of pyridine rings is 1. The molecule has 0 aliphatic rings. The van der Waals surface area contributed by atoms with Crippen molar-refractivity contribution in [2.75, 3.05) is 12.4 Å². The molecule has 0 aliphatic heterocycles. The zero-order valence-corrected chi connectivity index (χ0v) is 16.1. The number of amides is 1. The van der Waals surface area contributed by atoms with Crippen LogP contribution < -0.4 is 10.1 Å². The molecule has 0 fully saturated rings. The van der Waals surface area contributed by atoms with Crippen molar-refractivity contribution in [1.82, 2.24) is 9.97 Å². The number of carbonyl (C=O) groups is 1. The Labute approximate surface area is 167 Å². The predicted octanol–water partition coefficient (Wildman–Crippen LogP) is 5.12. The van der Waals surface area contributed by atoms with Gasteiger partial charge in [-0.25, -0.2) is 4.98 Å². The number of benzene rings is 2. The van der Waals surface area contributed by atoms with Gasteiger partial charge in [0, 0.05) is 17.4 Å². The van der Waals surface area contributed by atoms with Crippen LogP contribution >= 0.6 is 11.6 Å². The number of carbonyl (C=O) groups excluding carboxylic acids is 1. The van der Waals surface area contributed by atoms with Crippen molar-refractivity contribution in [2.45, 2.75) is 6.92 Å². The van der Waals surface area contributed by atoms with Crippen molar-refractivity contribution in [2.24, 2.45) is 0 Å². The second-order valence-corrected chi connectivity index (χ2v) is 6.23. The van der Waals surface area contributed by atoms with Crippen LogP contribution in [0.3, 0.4) is 0 Å². The number of fused-ring (bicyclic) bond motifs is 1. The molecule has 0 radical (unpaired) electrons. The first kappa shape index (κ1) is 19.4. The summed E-state index contributed by atoms with van der Waals surface area (Å²) in [6, 6.07) is 16.6. The van der Waals surface area contributed by atoms with Gasteiger partial charge in [0.1, 0.15) is 5.75 Å². The summed E-state index contributed by atoms with van der Waals surface area (Å²) in [5.41, 5.74) is 3.84. The molecule has 0 aliphatic carbocycles. The van der Waals surface area contributed by atoms with E-state index in [2.05, 4.69) is 15.3 Å². The molecule has 0 atom stereocenters. The van der Waals surface area contributed by atoms with Crippen LogP contribution in [-0.2, 0) is 4.79 Å². The molecule has 0 saturated heterocycles. The third-order valence-electron chi connectivity index (χ3n) is 3.81. The van der Waals surface area contributed by atoms with E-state index in [1.807, 2.05) is 43.3 Å². The van der Waals surface area contributed by atoms with Crippen molar-refractivity contribution in [3.63, 3.8) is 0 Å². The summed E-state index contributed by atoms with van der Waals surface area (Å²) in [6.07, 6.45) is 2.30. The Bertz CT molecular complexity index is 1060. The molecule has 1 amide bonds. The van der Waals surface area contributed by atoms with Crippen LogP contribution in [0.25, 0.3) is 22.7 Å². The zero-order chi connectivity index (χ0) is 19.9. The highest BCUT2D eigenvalue weighted by Gasteiger charge is 2.08. The van der Waals surface area contributed by atoms with Gasteiger partial charge in [-0.2, -0.15) is 4.98 Å². The lowest BCUT2D eigenvalue weighted by atomic mass is 10.2. The van der Waals surface area contributed by atoms with Crippen molar-refractivity contribution in [3.8, 4) is 17.2 Å². The van der Waals surface area contributed by atoms with Crippen LogP contribution in [0.2, 0.25) is 5.02 Å². The number of hydrogen-bond acceptors (Lipinski definition) is 5. The molecule has 0 bridgehead atoms. The molecule has 4 rings (SSSR count). The lowest BCUT2D eigenvalue weighted by molar-refractivity contribution is -0.105. The van der Waals surface area contributed by atoms with Crippen molar-refractivity contribution in [1.29, 1.82) is 0 Å². The predicted molar refractivity (Wildman–Crippen MR) is 110 cm³/mol. The second-order valence-electron chi connectivity index (χ2n) is 5.83. The molecule has 0 saturated carbocycles. The summed E-state index contributed by atoms with van der Waals surface area (Å²) in [4.78, 5) is 18.8. The quantitative estimate of drug-likeness (QED) is 0.485. The molecule has 1 N–H and O–H groups in total. The van der Waals surface area contributed by atoms with Gasteiger partial charge < -0.3 is 14.5 Å². The lowest BCUT2D eigenvalue weighted by Gasteiger charge is -2.01. The van der Waals surface area contributed by atoms with E-state index in [9.17, 15) is 4.79 Å². The molecule has 0 spiro atoms. The Morgan fingerprint density at radius 3 is 2.71 bits per heavy atom. The zero-order valence-electron chi connectivity index (χ0n) is 15.3. The number of halogens is 1. The Hall–Kier alpha value is -3.38. The van der Waals surface area contributed by atoms with Gasteiger partial charge in [0.15, 0.2) is 11.2 Å². The van der Waals surface area contributed by atoms with Gasteiger partial charge in [0.05, 0.1) is 12.1 Å². The minimum absolute atomic E-state index is 0.484. The molecule has 4 aromatic rings. The van der Waals surface area contributed by atoms with Crippen molar-refractivity contribution >= 4 is 34.9 Å². The van der Waals surface area contributed by atoms with E-state index in [-0.39, 0.29) is 0 Å². The molecule has 0 unspecified atom stereocenters. The highest BCUT2D eigenvalue weighted by molar-refractivity contribution is 6.32. The van der Waals surface area contributed by atoms with Gasteiger partial charge in [0.25, 0.3) is 0 Å². The maximum atomic E-state index is 10.4. The monoisotopic (exact) mass is 395 g/mol. The average molecular weight is 396 g/mol. The Morgan fingerprint density at radius 2 is 2.00 bits per heavy atom. The minimum atomic E-state index is 0.484. The first-order valence-corrected chi connectivity index (χ1v) is 8.81. The molecule has 2 heterocycles. The van der Waals surface area contributed by atoms with Gasteiger partial charge in [-0.15, -0.1) is 0 Å². The standard InChI is InChI=1S/C13H9N3O2.C8H9ClO/c17-8-15-10-4-1-3-9(7-10)13-16-12-11(18-13)5-2-6-14-12;1-6-3-4-8(10-2)7(9)5-6/h1-8H,(H,15,17);3-5H,1-2H3. The summed E-state index contributed by atoms with van der Waals surface area (Å²) in [7, 11) is 1.61. The maximum Gasteiger partial charge on any atom is 0.228 e. The summed E-state index contributed by atoms with van der Waals surface area (Å²) >= 11 is 5.80. The third-order valence-corrected chi connectivity index (χ3v) is 4.10. The molecule has 7 heteroatoms. The fourth-order valence-corrected chi connectivity index (χ4v) is 2.79. The molecule has 142 valence electrons. The number of aromatic nitrogens is 2. The first-order chi connectivity index (χ1) is 13.6. The molecular weight excluding hydrogens is 378 g/mol. The van der Waals surface area contributed by atoms with Crippen LogP contribution in [0, 0.1) is 6.92 Å². The fourth-order valence-electron chi connectivity index (χ4n) is 2.47. The largest absolute Gasteiger partial charge is 0.495 e. The van der Waals surface area contributed by atoms with Crippen LogP contribution in [0.5, 0.6) is 5.75 Å². The number of nitrogens with one attached hydrogen (secondary N) is 1. The van der Waals surface area contributed by atoms with Crippen LogP contribution in [0.1, 0.15) is 5.56 Å². The number of oxazole rings is 1. The van der Waals surface area contributed by atoms with Crippen LogP contribution in [0.15, 0.2) is 65.2 Å². The van der Waals surface area contributed by atoms with E-state index < -0.39 is 0 Å². The highest BCUT2D eigenvalue weighted by Crippen LogP contribution is 2.25. The number of rotatable bonds is 4. The van der Waals surface area contributed by atoms with E-state index in [1.54, 1.807) is 31.5 Å². The highest BCUT2D eigenvalue weighted by atomic mass is 35.5. The number of nitrogens with zero attached hydrogens (tertiary/aromatic N) is 2. The fraction of sp³-hybridized carbons (Fsp3) is 0.0952. The van der Waals surface area contributed by atoms with E-state index in [0.717, 1.165) is 16.9 Å². The summed E-state index contributed by atoms with van der Waals surface area (Å²) in [5.74, 6) is 1.21. The van der Waals surface area contributed by atoms with Gasteiger partial charge in [-0.05, 0) is 55.0 Å². The van der Waals surface area contributed by atoms with E-state index in [0.29, 0.717) is 34.2 Å². The first-order valence-electron chi connectivity index (χ1n) is 8.43. The average Bonchev–Trinajstić information content (AvgIpc) is 3.13. The summed E-state index contributed by atoms with van der Waals surface area (Å²) in [5, 5.41) is 3.25. The molecule has 6 nitrogen and oxygen atoms in total. The number of methoxy groups -OCH3 is 1. The maximum absolute atomic E-state index is 10.4. The van der Waals surface area contributed by atoms with Gasteiger partial charge in [0.2, 0.25) is 12.3 Å². The molecule has 2 aromatic heterocycles. The smallest absolute Gasteiger partial charge is 0.228 e. The summed E-state index contributed by atoms with van der Waals surface area (Å²) < 4.78 is 10.6. The number of aryl methyl sites for hydroxylation is 1. The molecule has 2 aromatic carbocycles. The van der Waals surface area contributed by atoms with E-state index in [4.69, 9.17) is 20.8 Å². The Balaban J connectivity index is 0.000000192. The summed E-state index contributed by atoms with van der Waals surface area (Å²) in [6.45, 7) is 1.99. The van der Waals surface area contributed by atoms with Gasteiger partial charge in [-0.1, -0.05) is 23.7 Å². The third kappa shape index (κ3) is 4.66. The van der Waals surface area contributed by atoms with Gasteiger partial charge >= 0.3 is 0 Å². The number of ether oxygens (including phenoxy) is 1. The minimum Gasteiger partial charge on any atom is -0.495 e. The van der Waals surface area contributed by atoms with Crippen molar-refractivity contribution < 1.29 is 13.9 Å². The molecule has 28 heavy (non-hydrogen) atoms. The number of hydrogen-bond donors (Lipinski definition) is 1. The van der Waals surface area contributed by atoms with Crippen molar-refractivity contribution in [3.05, 3.63) is 71.4 Å². The Morgan fingerprint density at radius 1 is 1.14 bits per heavy atom.